The quantitative estimate of drug-likeness (QED) is 0.843. The van der Waals surface area contributed by atoms with Crippen LogP contribution in [-0.4, -0.2) is 19.6 Å². The van der Waals surface area contributed by atoms with Gasteiger partial charge >= 0.3 is 0 Å². The zero-order chi connectivity index (χ0) is 13.8. The number of amides is 1. The topological polar surface area (TPSA) is 64.4 Å². The molecule has 0 spiro atoms. The van der Waals surface area contributed by atoms with Gasteiger partial charge in [0.05, 0.1) is 18.2 Å². The number of carbonyl (C=O) groups excluding carboxylic acids is 1. The molecule has 0 saturated heterocycles. The van der Waals surface area contributed by atoms with E-state index in [1.165, 1.54) is 0 Å². The van der Waals surface area contributed by atoms with Crippen molar-refractivity contribution in [1.29, 1.82) is 0 Å². The van der Waals surface area contributed by atoms with Gasteiger partial charge in [-0.05, 0) is 38.0 Å². The maximum Gasteiger partial charge on any atom is 0.231 e. The number of nitrogens with two attached hydrogens (primary N) is 1. The standard InChI is InChI=1S/C14H22N2O2/c1-5-14(3,9-15)13(17)16-11-8-10(2)6-7-12(11)18-4/h6-8H,5,9,15H2,1-4H3,(H,16,17). The molecule has 1 atom stereocenters. The summed E-state index contributed by atoms with van der Waals surface area (Å²) < 4.78 is 5.24. The zero-order valence-corrected chi connectivity index (χ0v) is 11.5. The molecule has 4 heteroatoms. The van der Waals surface area contributed by atoms with Crippen molar-refractivity contribution in [3.8, 4) is 5.75 Å². The Morgan fingerprint density at radius 3 is 2.67 bits per heavy atom. The van der Waals surface area contributed by atoms with Crippen LogP contribution in [0.3, 0.4) is 0 Å². The van der Waals surface area contributed by atoms with Gasteiger partial charge in [-0.2, -0.15) is 0 Å². The second-order valence-electron chi connectivity index (χ2n) is 4.78. The second kappa shape index (κ2) is 5.87. The van der Waals surface area contributed by atoms with Crippen LogP contribution >= 0.6 is 0 Å². The lowest BCUT2D eigenvalue weighted by molar-refractivity contribution is -0.124. The van der Waals surface area contributed by atoms with Gasteiger partial charge in [-0.3, -0.25) is 4.79 Å². The molecule has 0 saturated carbocycles. The largest absolute Gasteiger partial charge is 0.495 e. The Morgan fingerprint density at radius 1 is 1.50 bits per heavy atom. The van der Waals surface area contributed by atoms with E-state index < -0.39 is 5.41 Å². The highest BCUT2D eigenvalue weighted by Gasteiger charge is 2.30. The van der Waals surface area contributed by atoms with Crippen molar-refractivity contribution in [3.63, 3.8) is 0 Å². The lowest BCUT2D eigenvalue weighted by Gasteiger charge is -2.25. The molecule has 100 valence electrons. The van der Waals surface area contributed by atoms with E-state index in [4.69, 9.17) is 10.5 Å². The third-order valence-corrected chi connectivity index (χ3v) is 3.38. The van der Waals surface area contributed by atoms with Crippen molar-refractivity contribution < 1.29 is 9.53 Å². The molecule has 1 unspecified atom stereocenters. The molecule has 1 rings (SSSR count). The van der Waals surface area contributed by atoms with Crippen LogP contribution in [0.5, 0.6) is 5.75 Å². The normalized spacial score (nSPS) is 13.8. The number of hydrogen-bond acceptors (Lipinski definition) is 3. The molecular weight excluding hydrogens is 228 g/mol. The first-order valence-electron chi connectivity index (χ1n) is 6.13. The summed E-state index contributed by atoms with van der Waals surface area (Å²) in [6.07, 6.45) is 0.698. The van der Waals surface area contributed by atoms with Gasteiger partial charge in [-0.15, -0.1) is 0 Å². The van der Waals surface area contributed by atoms with Crippen LogP contribution in [0.25, 0.3) is 0 Å². The summed E-state index contributed by atoms with van der Waals surface area (Å²) in [5, 5.41) is 2.90. The van der Waals surface area contributed by atoms with Gasteiger partial charge in [-0.1, -0.05) is 13.0 Å². The van der Waals surface area contributed by atoms with Crippen LogP contribution in [0, 0.1) is 12.3 Å². The van der Waals surface area contributed by atoms with Crippen LogP contribution in [0.1, 0.15) is 25.8 Å². The summed E-state index contributed by atoms with van der Waals surface area (Å²) >= 11 is 0. The fourth-order valence-electron chi connectivity index (χ4n) is 1.59. The van der Waals surface area contributed by atoms with E-state index in [-0.39, 0.29) is 5.91 Å². The minimum absolute atomic E-state index is 0.0728. The van der Waals surface area contributed by atoms with E-state index in [1.54, 1.807) is 7.11 Å². The Hall–Kier alpha value is -1.55. The van der Waals surface area contributed by atoms with E-state index in [0.717, 1.165) is 5.56 Å². The Labute approximate surface area is 109 Å². The fraction of sp³-hybridized carbons (Fsp3) is 0.500. The molecule has 18 heavy (non-hydrogen) atoms. The number of nitrogens with one attached hydrogen (secondary N) is 1. The minimum Gasteiger partial charge on any atom is -0.495 e. The highest BCUT2D eigenvalue weighted by Crippen LogP contribution is 2.28. The molecule has 0 aromatic heterocycles. The number of anilines is 1. The van der Waals surface area contributed by atoms with Gasteiger partial charge in [0.1, 0.15) is 5.75 Å². The van der Waals surface area contributed by atoms with Crippen LogP contribution in [0.2, 0.25) is 0 Å². The van der Waals surface area contributed by atoms with Crippen molar-refractivity contribution >= 4 is 11.6 Å². The molecule has 0 fully saturated rings. The van der Waals surface area contributed by atoms with Crippen molar-refractivity contribution in [1.82, 2.24) is 0 Å². The summed E-state index contributed by atoms with van der Waals surface area (Å²) in [5.74, 6) is 0.584. The Balaban J connectivity index is 2.97. The molecule has 0 aliphatic rings. The second-order valence-corrected chi connectivity index (χ2v) is 4.78. The van der Waals surface area contributed by atoms with E-state index in [1.807, 2.05) is 39.0 Å². The molecule has 1 amide bonds. The average Bonchev–Trinajstić information content (AvgIpc) is 2.38. The first-order chi connectivity index (χ1) is 8.46. The Morgan fingerprint density at radius 2 is 2.17 bits per heavy atom. The molecule has 0 radical (unpaired) electrons. The first kappa shape index (κ1) is 14.5. The summed E-state index contributed by atoms with van der Waals surface area (Å²) in [6, 6.07) is 5.68. The molecule has 0 aliphatic carbocycles. The number of methoxy groups -OCH3 is 1. The highest BCUT2D eigenvalue weighted by atomic mass is 16.5. The average molecular weight is 250 g/mol. The number of aryl methyl sites for hydroxylation is 1. The molecule has 4 nitrogen and oxygen atoms in total. The van der Waals surface area contributed by atoms with E-state index in [0.29, 0.717) is 24.4 Å². The summed E-state index contributed by atoms with van der Waals surface area (Å²) in [6.45, 7) is 6.12. The molecule has 0 bridgehead atoms. The lowest BCUT2D eigenvalue weighted by atomic mass is 9.86. The van der Waals surface area contributed by atoms with Crippen LogP contribution in [0.4, 0.5) is 5.69 Å². The summed E-state index contributed by atoms with van der Waals surface area (Å²) in [7, 11) is 1.59. The number of benzene rings is 1. The summed E-state index contributed by atoms with van der Waals surface area (Å²) in [4.78, 5) is 12.2. The first-order valence-corrected chi connectivity index (χ1v) is 6.13. The van der Waals surface area contributed by atoms with E-state index in [2.05, 4.69) is 5.32 Å². The van der Waals surface area contributed by atoms with E-state index in [9.17, 15) is 4.79 Å². The predicted octanol–water partition coefficient (Wildman–Crippen LogP) is 2.32. The predicted molar refractivity (Wildman–Crippen MR) is 73.8 cm³/mol. The monoisotopic (exact) mass is 250 g/mol. The summed E-state index contributed by atoms with van der Waals surface area (Å²) in [5.41, 5.74) is 6.89. The van der Waals surface area contributed by atoms with E-state index >= 15 is 0 Å². The van der Waals surface area contributed by atoms with Crippen molar-refractivity contribution in [2.45, 2.75) is 27.2 Å². The van der Waals surface area contributed by atoms with Crippen molar-refractivity contribution in [2.24, 2.45) is 11.1 Å². The van der Waals surface area contributed by atoms with Crippen LogP contribution in [-0.2, 0) is 4.79 Å². The maximum absolute atomic E-state index is 12.2. The van der Waals surface area contributed by atoms with Crippen molar-refractivity contribution in [3.05, 3.63) is 23.8 Å². The molecule has 3 N–H and O–H groups in total. The van der Waals surface area contributed by atoms with Crippen LogP contribution < -0.4 is 15.8 Å². The molecular formula is C14H22N2O2. The third kappa shape index (κ3) is 3.01. The zero-order valence-electron chi connectivity index (χ0n) is 11.5. The lowest BCUT2D eigenvalue weighted by Crippen LogP contribution is -2.39. The fourth-order valence-corrected chi connectivity index (χ4v) is 1.59. The van der Waals surface area contributed by atoms with Gasteiger partial charge in [0.15, 0.2) is 0 Å². The molecule has 0 aliphatic heterocycles. The number of rotatable bonds is 5. The Kier molecular flexibility index (Phi) is 4.73. The highest BCUT2D eigenvalue weighted by molar-refractivity contribution is 5.96. The van der Waals surface area contributed by atoms with Crippen LogP contribution in [0.15, 0.2) is 18.2 Å². The van der Waals surface area contributed by atoms with Gasteiger partial charge < -0.3 is 15.8 Å². The number of ether oxygens (including phenoxy) is 1. The number of carbonyl (C=O) groups is 1. The van der Waals surface area contributed by atoms with Gasteiger partial charge in [-0.25, -0.2) is 0 Å². The van der Waals surface area contributed by atoms with Gasteiger partial charge in [0, 0.05) is 6.54 Å². The SMILES string of the molecule is CCC(C)(CN)C(=O)Nc1cc(C)ccc1OC. The van der Waals surface area contributed by atoms with Gasteiger partial charge in [0.2, 0.25) is 5.91 Å². The molecule has 0 heterocycles. The Bertz CT molecular complexity index is 426. The molecule has 1 aromatic rings. The van der Waals surface area contributed by atoms with Gasteiger partial charge in [0.25, 0.3) is 0 Å². The maximum atomic E-state index is 12.2. The third-order valence-electron chi connectivity index (χ3n) is 3.38. The minimum atomic E-state index is -0.547. The van der Waals surface area contributed by atoms with Crippen molar-refractivity contribution in [2.75, 3.05) is 19.0 Å². The number of hydrogen-bond donors (Lipinski definition) is 2. The molecule has 1 aromatic carbocycles. The smallest absolute Gasteiger partial charge is 0.231 e.